The van der Waals surface area contributed by atoms with Crippen LogP contribution in [0, 0.1) is 0 Å². The number of aromatic amines is 1. The van der Waals surface area contributed by atoms with E-state index >= 15 is 0 Å². The number of H-pyrrole nitrogens is 1. The molecular formula is C10H13N5O4S. The van der Waals surface area contributed by atoms with E-state index in [9.17, 15) is 13.2 Å². The van der Waals surface area contributed by atoms with Gasteiger partial charge in [0.05, 0.1) is 0 Å². The fraction of sp³-hybridized carbons (Fsp3) is 0.300. The van der Waals surface area contributed by atoms with Gasteiger partial charge in [0.25, 0.3) is 0 Å². The van der Waals surface area contributed by atoms with Crippen molar-refractivity contribution in [2.45, 2.75) is 11.3 Å². The summed E-state index contributed by atoms with van der Waals surface area (Å²) in [6.07, 6.45) is 3.00. The van der Waals surface area contributed by atoms with Gasteiger partial charge in [0.15, 0.2) is 5.82 Å². The maximum absolute atomic E-state index is 11.9. The Morgan fingerprint density at radius 2 is 2.30 bits per heavy atom. The summed E-state index contributed by atoms with van der Waals surface area (Å²) in [5.74, 6) is -0.695. The number of aromatic carboxylic acids is 1. The number of carbonyl (C=O) groups is 1. The molecule has 0 aliphatic carbocycles. The van der Waals surface area contributed by atoms with Gasteiger partial charge in [-0.3, -0.25) is 4.68 Å². The summed E-state index contributed by atoms with van der Waals surface area (Å²) < 4.78 is 27.7. The first kappa shape index (κ1) is 14.2. The molecule has 0 spiro atoms. The van der Waals surface area contributed by atoms with E-state index in [0.717, 1.165) is 12.3 Å². The molecule has 0 unspecified atom stereocenters. The van der Waals surface area contributed by atoms with Crippen LogP contribution in [0.25, 0.3) is 0 Å². The number of sulfonamides is 1. The van der Waals surface area contributed by atoms with E-state index in [1.807, 2.05) is 0 Å². The summed E-state index contributed by atoms with van der Waals surface area (Å²) in [5.41, 5.74) is -0.184. The third-order valence-electron chi connectivity index (χ3n) is 2.48. The van der Waals surface area contributed by atoms with E-state index in [2.05, 4.69) is 19.8 Å². The number of aryl methyl sites for hydroxylation is 1. The van der Waals surface area contributed by atoms with Crippen LogP contribution in [0.15, 0.2) is 23.5 Å². The number of hydrogen-bond acceptors (Lipinski definition) is 5. The number of aromatic nitrogens is 4. The van der Waals surface area contributed by atoms with Crippen molar-refractivity contribution in [3.8, 4) is 0 Å². The number of nitrogens with zero attached hydrogens (tertiary/aromatic N) is 3. The van der Waals surface area contributed by atoms with Crippen LogP contribution in [0.3, 0.4) is 0 Å². The van der Waals surface area contributed by atoms with Gasteiger partial charge in [0.1, 0.15) is 16.9 Å². The zero-order valence-corrected chi connectivity index (χ0v) is 11.4. The number of carboxylic acid groups (broad SMARTS) is 1. The molecule has 10 heteroatoms. The molecule has 108 valence electrons. The van der Waals surface area contributed by atoms with E-state index in [1.165, 1.54) is 11.0 Å². The molecule has 0 fully saturated rings. The molecule has 0 atom stereocenters. The van der Waals surface area contributed by atoms with Crippen molar-refractivity contribution in [1.29, 1.82) is 0 Å². The predicted octanol–water partition coefficient (Wildman–Crippen LogP) is -0.638. The van der Waals surface area contributed by atoms with Crippen molar-refractivity contribution in [1.82, 2.24) is 24.5 Å². The highest BCUT2D eigenvalue weighted by molar-refractivity contribution is 7.89. The minimum absolute atomic E-state index is 0.121. The topological polar surface area (TPSA) is 130 Å². The highest BCUT2D eigenvalue weighted by Crippen LogP contribution is 2.10. The SMILES string of the molecule is Cn1cnc(CCNS(=O)(=O)c2c[nH]c(C(=O)O)c2)n1. The first-order valence-electron chi connectivity index (χ1n) is 5.64. The highest BCUT2D eigenvalue weighted by Gasteiger charge is 2.17. The minimum Gasteiger partial charge on any atom is -0.477 e. The number of hydrogen-bond donors (Lipinski definition) is 3. The smallest absolute Gasteiger partial charge is 0.352 e. The Morgan fingerprint density at radius 1 is 1.55 bits per heavy atom. The van der Waals surface area contributed by atoms with Crippen molar-refractivity contribution < 1.29 is 18.3 Å². The average Bonchev–Trinajstić information content (AvgIpc) is 2.98. The Kier molecular flexibility index (Phi) is 3.86. The normalized spacial score (nSPS) is 11.7. The monoisotopic (exact) mass is 299 g/mol. The molecule has 2 aromatic heterocycles. The van der Waals surface area contributed by atoms with Crippen LogP contribution in [-0.2, 0) is 23.5 Å². The lowest BCUT2D eigenvalue weighted by molar-refractivity contribution is 0.0691. The Balaban J connectivity index is 1.98. The van der Waals surface area contributed by atoms with E-state index in [0.29, 0.717) is 12.2 Å². The maximum atomic E-state index is 11.9. The minimum atomic E-state index is -3.74. The molecule has 2 aromatic rings. The third kappa shape index (κ3) is 3.22. The lowest BCUT2D eigenvalue weighted by Crippen LogP contribution is -2.26. The van der Waals surface area contributed by atoms with Gasteiger partial charge in [0, 0.05) is 26.2 Å². The molecule has 20 heavy (non-hydrogen) atoms. The van der Waals surface area contributed by atoms with Crippen molar-refractivity contribution in [3.05, 3.63) is 30.1 Å². The van der Waals surface area contributed by atoms with Gasteiger partial charge >= 0.3 is 5.97 Å². The molecule has 0 bridgehead atoms. The second-order valence-corrected chi connectivity index (χ2v) is 5.80. The molecule has 0 radical (unpaired) electrons. The summed E-state index contributed by atoms with van der Waals surface area (Å²) in [4.78, 5) is 16.9. The summed E-state index contributed by atoms with van der Waals surface area (Å²) >= 11 is 0. The second-order valence-electron chi connectivity index (χ2n) is 4.04. The lowest BCUT2D eigenvalue weighted by atomic mass is 10.4. The molecular weight excluding hydrogens is 286 g/mol. The molecule has 0 saturated heterocycles. The van der Waals surface area contributed by atoms with E-state index in [-0.39, 0.29) is 17.1 Å². The van der Waals surface area contributed by atoms with Crippen molar-refractivity contribution in [3.63, 3.8) is 0 Å². The molecule has 2 heterocycles. The van der Waals surface area contributed by atoms with Crippen molar-refractivity contribution >= 4 is 16.0 Å². The van der Waals surface area contributed by atoms with Gasteiger partial charge in [-0.05, 0) is 6.07 Å². The second kappa shape index (κ2) is 5.43. The molecule has 3 N–H and O–H groups in total. The zero-order chi connectivity index (χ0) is 14.8. The molecule has 0 aliphatic rings. The van der Waals surface area contributed by atoms with Crippen LogP contribution in [0.1, 0.15) is 16.3 Å². The van der Waals surface area contributed by atoms with Crippen LogP contribution in [0.2, 0.25) is 0 Å². The van der Waals surface area contributed by atoms with Gasteiger partial charge < -0.3 is 10.1 Å². The van der Waals surface area contributed by atoms with Gasteiger partial charge in [0.2, 0.25) is 10.0 Å². The average molecular weight is 299 g/mol. The van der Waals surface area contributed by atoms with Gasteiger partial charge in [-0.2, -0.15) is 5.10 Å². The van der Waals surface area contributed by atoms with Gasteiger partial charge in [-0.1, -0.05) is 0 Å². The Hall–Kier alpha value is -2.20. The first-order chi connectivity index (χ1) is 9.38. The van der Waals surface area contributed by atoms with Crippen molar-refractivity contribution in [2.24, 2.45) is 7.05 Å². The summed E-state index contributed by atoms with van der Waals surface area (Å²) in [6, 6.07) is 1.06. The van der Waals surface area contributed by atoms with Crippen LogP contribution >= 0.6 is 0 Å². The summed E-state index contributed by atoms with van der Waals surface area (Å²) in [7, 11) is -2.03. The lowest BCUT2D eigenvalue weighted by Gasteiger charge is -2.02. The largest absolute Gasteiger partial charge is 0.477 e. The molecule has 0 amide bonds. The summed E-state index contributed by atoms with van der Waals surface area (Å²) in [6.45, 7) is 0.125. The van der Waals surface area contributed by atoms with E-state index in [1.54, 1.807) is 7.05 Å². The summed E-state index contributed by atoms with van der Waals surface area (Å²) in [5, 5.41) is 12.7. The first-order valence-corrected chi connectivity index (χ1v) is 7.13. The quantitative estimate of drug-likeness (QED) is 0.650. The van der Waals surface area contributed by atoms with Crippen LogP contribution in [0.5, 0.6) is 0 Å². The van der Waals surface area contributed by atoms with Crippen LogP contribution < -0.4 is 4.72 Å². The Bertz CT molecular complexity index is 718. The predicted molar refractivity (Wildman–Crippen MR) is 67.6 cm³/mol. The molecule has 0 aromatic carbocycles. The zero-order valence-electron chi connectivity index (χ0n) is 10.6. The number of rotatable bonds is 6. The highest BCUT2D eigenvalue weighted by atomic mass is 32.2. The van der Waals surface area contributed by atoms with Gasteiger partial charge in [-0.15, -0.1) is 0 Å². The molecule has 9 nitrogen and oxygen atoms in total. The fourth-order valence-electron chi connectivity index (χ4n) is 1.53. The molecule has 2 rings (SSSR count). The van der Waals surface area contributed by atoms with E-state index < -0.39 is 16.0 Å². The Labute approximate surface area is 114 Å². The van der Waals surface area contributed by atoms with E-state index in [4.69, 9.17) is 5.11 Å². The third-order valence-corrected chi connectivity index (χ3v) is 3.93. The van der Waals surface area contributed by atoms with Crippen molar-refractivity contribution in [2.75, 3.05) is 6.54 Å². The van der Waals surface area contributed by atoms with Crippen LogP contribution in [-0.4, -0.2) is 45.8 Å². The van der Waals surface area contributed by atoms with Gasteiger partial charge in [-0.25, -0.2) is 22.9 Å². The maximum Gasteiger partial charge on any atom is 0.352 e. The standard InChI is InChI=1S/C10H13N5O4S/c1-15-6-12-9(14-15)2-3-13-20(18,19)7-4-8(10(16)17)11-5-7/h4-6,11,13H,2-3H2,1H3,(H,16,17). The fourth-order valence-corrected chi connectivity index (χ4v) is 2.56. The molecule has 0 aliphatic heterocycles. The number of carboxylic acids is 1. The molecule has 0 saturated carbocycles. The van der Waals surface area contributed by atoms with Crippen LogP contribution in [0.4, 0.5) is 0 Å². The Morgan fingerprint density at radius 3 is 2.85 bits per heavy atom. The number of nitrogens with one attached hydrogen (secondary N) is 2.